The molecule has 1 N–H and O–H groups in total. The lowest BCUT2D eigenvalue weighted by molar-refractivity contribution is -0.0930. The summed E-state index contributed by atoms with van der Waals surface area (Å²) in [5.74, 6) is 0.905. The van der Waals surface area contributed by atoms with Crippen LogP contribution in [-0.2, 0) is 30.8 Å². The molecule has 0 amide bonds. The lowest BCUT2D eigenvalue weighted by Gasteiger charge is -2.41. The fourth-order valence-electron chi connectivity index (χ4n) is 7.21. The summed E-state index contributed by atoms with van der Waals surface area (Å²) in [6.07, 6.45) is -1.00. The second-order valence-corrected chi connectivity index (χ2v) is 21.0. The summed E-state index contributed by atoms with van der Waals surface area (Å²) in [7, 11) is 0.733. The van der Waals surface area contributed by atoms with Crippen molar-refractivity contribution in [3.8, 4) is 11.5 Å². The summed E-state index contributed by atoms with van der Waals surface area (Å²) in [5.41, 5.74) is 1.68. The van der Waals surface area contributed by atoms with E-state index in [4.69, 9.17) is 28.1 Å². The molecule has 1 fully saturated rings. The Morgan fingerprint density at radius 1 is 0.800 bits per heavy atom. The van der Waals surface area contributed by atoms with Gasteiger partial charge in [0, 0.05) is 0 Å². The minimum atomic E-state index is -2.52. The molecule has 1 saturated heterocycles. The third-order valence-corrected chi connectivity index (χ3v) is 16.1. The van der Waals surface area contributed by atoms with Crippen LogP contribution >= 0.6 is 0 Å². The zero-order valence-electron chi connectivity index (χ0n) is 35.0. The smallest absolute Gasteiger partial charge is 0.338 e. The molecule has 2 aromatic heterocycles. The number of carbonyl (C=O) groups excluding carboxylic acids is 1. The SMILES string of the molecule is COc1ccc(C(OC[C@H]2O[C@@H](n3cnc4c(=O)n(CCOC(=O)c5ccccc5)cnc43)[C@H](O)[C@@H]2O[Si](C)(C)C(C)(C)C)(c2ccccc2)c2ccc(OC)cc2)cc1. The first-order valence-electron chi connectivity index (χ1n) is 19.9. The van der Waals surface area contributed by atoms with Crippen molar-refractivity contribution in [3.63, 3.8) is 0 Å². The van der Waals surface area contributed by atoms with E-state index in [1.54, 1.807) is 43.1 Å². The Bertz CT molecular complexity index is 2390. The van der Waals surface area contributed by atoms with Crippen molar-refractivity contribution in [3.05, 3.63) is 154 Å². The quantitative estimate of drug-likeness (QED) is 0.0641. The second-order valence-electron chi connectivity index (χ2n) is 16.3. The zero-order valence-corrected chi connectivity index (χ0v) is 36.0. The number of aliphatic hydroxyl groups is 1. The summed E-state index contributed by atoms with van der Waals surface area (Å²) in [4.78, 5) is 35.1. The van der Waals surface area contributed by atoms with Crippen molar-refractivity contribution in [2.24, 2.45) is 0 Å². The molecule has 6 aromatic rings. The lowest BCUT2D eigenvalue weighted by Crippen LogP contribution is -2.50. The number of benzene rings is 4. The molecule has 314 valence electrons. The summed E-state index contributed by atoms with van der Waals surface area (Å²) in [5, 5.41) is 12.0. The Hall–Kier alpha value is -5.64. The van der Waals surface area contributed by atoms with Crippen LogP contribution in [0, 0.1) is 0 Å². The van der Waals surface area contributed by atoms with Gasteiger partial charge in [-0.15, -0.1) is 0 Å². The second kappa shape index (κ2) is 17.5. The van der Waals surface area contributed by atoms with Crippen LogP contribution in [0.3, 0.4) is 0 Å². The maximum absolute atomic E-state index is 13.7. The van der Waals surface area contributed by atoms with Crippen LogP contribution in [0.2, 0.25) is 18.1 Å². The van der Waals surface area contributed by atoms with Gasteiger partial charge in [-0.2, -0.15) is 0 Å². The van der Waals surface area contributed by atoms with Crippen molar-refractivity contribution in [2.75, 3.05) is 27.4 Å². The van der Waals surface area contributed by atoms with Crippen LogP contribution in [-0.4, -0.2) is 84.2 Å². The first kappa shape index (κ1) is 42.5. The molecular formula is C46H52N4O9Si. The Morgan fingerprint density at radius 2 is 1.37 bits per heavy atom. The van der Waals surface area contributed by atoms with Crippen molar-refractivity contribution in [2.45, 2.75) is 75.6 Å². The van der Waals surface area contributed by atoms with Crippen molar-refractivity contribution < 1.29 is 38.0 Å². The third-order valence-electron chi connectivity index (χ3n) is 11.6. The number of rotatable bonds is 15. The predicted octanol–water partition coefficient (Wildman–Crippen LogP) is 7.12. The molecule has 0 aliphatic carbocycles. The molecule has 4 aromatic carbocycles. The normalized spacial score (nSPS) is 18.4. The van der Waals surface area contributed by atoms with Gasteiger partial charge >= 0.3 is 5.97 Å². The van der Waals surface area contributed by atoms with Gasteiger partial charge < -0.3 is 33.2 Å². The zero-order chi connectivity index (χ0) is 42.7. The van der Waals surface area contributed by atoms with Gasteiger partial charge in [0.15, 0.2) is 25.7 Å². The Balaban J connectivity index is 1.23. The van der Waals surface area contributed by atoms with E-state index in [9.17, 15) is 14.7 Å². The van der Waals surface area contributed by atoms with Gasteiger partial charge in [-0.1, -0.05) is 93.6 Å². The monoisotopic (exact) mass is 832 g/mol. The average molecular weight is 833 g/mol. The molecule has 13 nitrogen and oxygen atoms in total. The van der Waals surface area contributed by atoms with E-state index in [0.717, 1.165) is 16.7 Å². The fourth-order valence-corrected chi connectivity index (χ4v) is 8.54. The van der Waals surface area contributed by atoms with E-state index < -0.39 is 50.0 Å². The van der Waals surface area contributed by atoms with Gasteiger partial charge in [0.1, 0.15) is 48.3 Å². The fraction of sp³-hybridized carbons (Fsp3) is 0.348. The predicted molar refractivity (Wildman–Crippen MR) is 229 cm³/mol. The summed E-state index contributed by atoms with van der Waals surface area (Å²) < 4.78 is 40.4. The number of imidazole rings is 1. The van der Waals surface area contributed by atoms with Crippen molar-refractivity contribution >= 4 is 25.5 Å². The highest BCUT2D eigenvalue weighted by atomic mass is 28.4. The number of esters is 1. The van der Waals surface area contributed by atoms with E-state index >= 15 is 0 Å². The molecular weight excluding hydrogens is 781 g/mol. The van der Waals surface area contributed by atoms with Crippen LogP contribution in [0.15, 0.2) is 127 Å². The number of carbonyl (C=O) groups is 1. The largest absolute Gasteiger partial charge is 0.497 e. The van der Waals surface area contributed by atoms with Crippen LogP contribution < -0.4 is 15.0 Å². The number of hydrogen-bond donors (Lipinski definition) is 1. The van der Waals surface area contributed by atoms with Gasteiger partial charge in [-0.05, 0) is 71.2 Å². The van der Waals surface area contributed by atoms with Crippen molar-refractivity contribution in [1.82, 2.24) is 19.1 Å². The van der Waals surface area contributed by atoms with Gasteiger partial charge in [-0.25, -0.2) is 14.8 Å². The molecule has 1 aliphatic rings. The minimum absolute atomic E-state index is 0.00559. The van der Waals surface area contributed by atoms with Gasteiger partial charge in [0.05, 0.1) is 39.3 Å². The molecule has 4 atom stereocenters. The first-order chi connectivity index (χ1) is 28.8. The molecule has 0 radical (unpaired) electrons. The lowest BCUT2D eigenvalue weighted by atomic mass is 9.80. The van der Waals surface area contributed by atoms with Gasteiger partial charge in [0.25, 0.3) is 5.56 Å². The van der Waals surface area contributed by atoms with Crippen LogP contribution in [0.4, 0.5) is 0 Å². The van der Waals surface area contributed by atoms with Gasteiger partial charge in [-0.3, -0.25) is 13.9 Å². The minimum Gasteiger partial charge on any atom is -0.497 e. The highest BCUT2D eigenvalue weighted by molar-refractivity contribution is 6.74. The van der Waals surface area contributed by atoms with E-state index in [1.165, 1.54) is 17.2 Å². The molecule has 0 bridgehead atoms. The molecule has 7 rings (SSSR count). The Labute approximate surface area is 350 Å². The molecule has 3 heterocycles. The number of aliphatic hydroxyl groups excluding tert-OH is 1. The van der Waals surface area contributed by atoms with E-state index in [-0.39, 0.29) is 36.0 Å². The number of aromatic nitrogens is 4. The number of ether oxygens (including phenoxy) is 5. The summed E-state index contributed by atoms with van der Waals surface area (Å²) in [6, 6.07) is 34.1. The molecule has 0 saturated carbocycles. The highest BCUT2D eigenvalue weighted by Crippen LogP contribution is 2.45. The molecule has 60 heavy (non-hydrogen) atoms. The maximum atomic E-state index is 13.7. The van der Waals surface area contributed by atoms with Gasteiger partial charge in [0.2, 0.25) is 0 Å². The standard InChI is InChI=1S/C46H52N4O9Si/c1-45(2,3)60(6,7)59-40-37(28-57-46(32-16-12-9-13-17-32,33-18-22-35(54-4)23-19-33)34-20-24-36(55-5)25-21-34)58-43(39(40)51)50-30-47-38-41(50)48-29-49(42(38)52)26-27-56-44(53)31-14-10-8-11-15-31/h8-25,29-30,37,39-40,43,51H,26-28H2,1-7H3/t37-,39-,40-,43-/m1/s1. The van der Waals surface area contributed by atoms with E-state index in [0.29, 0.717) is 17.1 Å². The number of nitrogens with zero attached hydrogens (tertiary/aromatic N) is 4. The molecule has 1 aliphatic heterocycles. The van der Waals surface area contributed by atoms with E-state index in [2.05, 4.69) is 43.8 Å². The van der Waals surface area contributed by atoms with Crippen LogP contribution in [0.25, 0.3) is 11.2 Å². The van der Waals surface area contributed by atoms with E-state index in [1.807, 2.05) is 84.9 Å². The van der Waals surface area contributed by atoms with Crippen LogP contribution in [0.1, 0.15) is 54.0 Å². The van der Waals surface area contributed by atoms with Crippen molar-refractivity contribution in [1.29, 1.82) is 0 Å². The average Bonchev–Trinajstić information content (AvgIpc) is 3.82. The highest BCUT2D eigenvalue weighted by Gasteiger charge is 2.52. The third kappa shape index (κ3) is 8.38. The maximum Gasteiger partial charge on any atom is 0.338 e. The number of methoxy groups -OCH3 is 2. The van der Waals surface area contributed by atoms with Crippen LogP contribution in [0.5, 0.6) is 11.5 Å². The molecule has 14 heteroatoms. The Morgan fingerprint density at radius 3 is 1.93 bits per heavy atom. The Kier molecular flexibility index (Phi) is 12.4. The topological polar surface area (TPSA) is 145 Å². The first-order valence-corrected chi connectivity index (χ1v) is 22.8. The molecule has 0 unspecified atom stereocenters. The molecule has 0 spiro atoms. The summed E-state index contributed by atoms with van der Waals surface area (Å²) >= 11 is 0. The number of fused-ring (bicyclic) bond motifs is 1. The number of hydrogen-bond acceptors (Lipinski definition) is 11. The summed E-state index contributed by atoms with van der Waals surface area (Å²) in [6.45, 7) is 10.7.